The predicted molar refractivity (Wildman–Crippen MR) is 126 cm³/mol. The lowest BCUT2D eigenvalue weighted by atomic mass is 9.73. The Morgan fingerprint density at radius 1 is 1.21 bits per heavy atom. The molecule has 0 saturated carbocycles. The molecule has 2 aromatic carbocycles. The number of ether oxygens (including phenoxy) is 2. The summed E-state index contributed by atoms with van der Waals surface area (Å²) in [5, 5.41) is 15.0. The van der Waals surface area contributed by atoms with E-state index >= 15 is 0 Å². The first-order valence-electron chi connectivity index (χ1n) is 11.6. The second kappa shape index (κ2) is 8.75. The van der Waals surface area contributed by atoms with Crippen molar-refractivity contribution in [3.8, 4) is 11.8 Å². The van der Waals surface area contributed by atoms with Gasteiger partial charge in [-0.05, 0) is 67.4 Å². The molecule has 0 bridgehead atoms. The van der Waals surface area contributed by atoms with Gasteiger partial charge in [-0.1, -0.05) is 12.1 Å². The number of hydrogen-bond acceptors (Lipinski definition) is 6. The van der Waals surface area contributed by atoms with E-state index in [0.29, 0.717) is 25.4 Å². The molecule has 8 heteroatoms. The van der Waals surface area contributed by atoms with Gasteiger partial charge < -0.3 is 20.1 Å². The normalized spacial score (nSPS) is 20.1. The molecule has 0 aliphatic carbocycles. The number of carbonyl (C=O) groups excluding carboxylic acids is 2. The molecule has 3 heterocycles. The molecule has 176 valence electrons. The van der Waals surface area contributed by atoms with Crippen LogP contribution in [0, 0.1) is 11.3 Å². The van der Waals surface area contributed by atoms with Crippen molar-refractivity contribution >= 4 is 17.5 Å². The number of anilines is 1. The van der Waals surface area contributed by atoms with Crippen LogP contribution in [0.3, 0.4) is 0 Å². The maximum Gasteiger partial charge on any atom is 0.235 e. The third kappa shape index (κ3) is 3.61. The van der Waals surface area contributed by atoms with Gasteiger partial charge in [0.05, 0.1) is 30.3 Å². The van der Waals surface area contributed by atoms with Crippen LogP contribution in [0.15, 0.2) is 42.5 Å². The Kier molecular flexibility index (Phi) is 5.76. The van der Waals surface area contributed by atoms with Gasteiger partial charge in [0.15, 0.2) is 0 Å². The van der Waals surface area contributed by atoms with Crippen molar-refractivity contribution in [2.75, 3.05) is 51.8 Å². The Labute approximate surface area is 198 Å². The van der Waals surface area contributed by atoms with Gasteiger partial charge in [-0.25, -0.2) is 0 Å². The molecule has 3 aliphatic heterocycles. The van der Waals surface area contributed by atoms with Crippen molar-refractivity contribution in [3.63, 3.8) is 0 Å². The minimum Gasteiger partial charge on any atom is -0.492 e. The van der Waals surface area contributed by atoms with Gasteiger partial charge in [0.1, 0.15) is 17.8 Å². The van der Waals surface area contributed by atoms with E-state index in [0.717, 1.165) is 55.0 Å². The number of fused-ring (bicyclic) bond motifs is 2. The first kappa shape index (κ1) is 22.4. The number of benzene rings is 2. The highest BCUT2D eigenvalue weighted by atomic mass is 16.5. The molecule has 34 heavy (non-hydrogen) atoms. The van der Waals surface area contributed by atoms with Gasteiger partial charge in [-0.3, -0.25) is 14.5 Å². The molecule has 8 nitrogen and oxygen atoms in total. The van der Waals surface area contributed by atoms with Gasteiger partial charge in [-0.2, -0.15) is 5.26 Å². The lowest BCUT2D eigenvalue weighted by Crippen LogP contribution is -2.56. The maximum atomic E-state index is 12.8. The predicted octanol–water partition coefficient (Wildman–Crippen LogP) is 1.94. The second-order valence-electron chi connectivity index (χ2n) is 9.28. The number of nitrogens with one attached hydrogen (secondary N) is 2. The van der Waals surface area contributed by atoms with E-state index in [-0.39, 0.29) is 11.8 Å². The molecule has 0 atom stereocenters. The van der Waals surface area contributed by atoms with E-state index in [1.54, 1.807) is 13.1 Å². The third-order valence-corrected chi connectivity index (χ3v) is 7.50. The molecule has 5 rings (SSSR count). The fourth-order valence-corrected chi connectivity index (χ4v) is 5.27. The zero-order valence-corrected chi connectivity index (χ0v) is 19.2. The number of likely N-dealkylation sites (tertiary alicyclic amines) is 1. The number of carbonyl (C=O) groups is 2. The Morgan fingerprint density at radius 3 is 2.56 bits per heavy atom. The fraction of sp³-hybridized carbons (Fsp3) is 0.423. The lowest BCUT2D eigenvalue weighted by Gasteiger charge is -2.40. The van der Waals surface area contributed by atoms with E-state index in [4.69, 9.17) is 9.47 Å². The van der Waals surface area contributed by atoms with Gasteiger partial charge in [0.25, 0.3) is 0 Å². The van der Waals surface area contributed by atoms with E-state index in [2.05, 4.69) is 21.6 Å². The highest BCUT2D eigenvalue weighted by Gasteiger charge is 2.49. The fourth-order valence-electron chi connectivity index (χ4n) is 5.27. The molecule has 2 fully saturated rings. The van der Waals surface area contributed by atoms with Crippen LogP contribution in [-0.2, 0) is 25.2 Å². The van der Waals surface area contributed by atoms with Crippen molar-refractivity contribution in [2.24, 2.45) is 0 Å². The zero-order valence-electron chi connectivity index (χ0n) is 19.2. The number of rotatable bonds is 6. The monoisotopic (exact) mass is 460 g/mol. The number of amides is 2. The summed E-state index contributed by atoms with van der Waals surface area (Å²) in [6.07, 6.45) is 1.44. The van der Waals surface area contributed by atoms with E-state index in [1.165, 1.54) is 0 Å². The van der Waals surface area contributed by atoms with Crippen LogP contribution in [0.5, 0.6) is 5.75 Å². The van der Waals surface area contributed by atoms with Crippen molar-refractivity contribution < 1.29 is 19.1 Å². The summed E-state index contributed by atoms with van der Waals surface area (Å²) in [6, 6.07) is 15.3. The molecule has 2 aromatic rings. The van der Waals surface area contributed by atoms with Crippen molar-refractivity contribution in [2.45, 2.75) is 23.7 Å². The first-order chi connectivity index (χ1) is 16.5. The van der Waals surface area contributed by atoms with E-state index < -0.39 is 10.8 Å². The SMILES string of the molecule is CNC(=O)C1(c2ccc(OCCN3CCC4(CC3)C(=O)Nc3ccc(C#N)cc34)cc2)COC1. The Hall–Kier alpha value is -3.41. The Bertz CT molecular complexity index is 1140. The van der Waals surface area contributed by atoms with Crippen molar-refractivity contribution in [1.29, 1.82) is 5.26 Å². The maximum absolute atomic E-state index is 12.8. The van der Waals surface area contributed by atoms with Crippen LogP contribution < -0.4 is 15.4 Å². The molecule has 0 radical (unpaired) electrons. The summed E-state index contributed by atoms with van der Waals surface area (Å²) >= 11 is 0. The topological polar surface area (TPSA) is 104 Å². The van der Waals surface area contributed by atoms with Crippen LogP contribution >= 0.6 is 0 Å². The number of nitriles is 1. The van der Waals surface area contributed by atoms with E-state index in [1.807, 2.05) is 36.4 Å². The summed E-state index contributed by atoms with van der Waals surface area (Å²) in [5.74, 6) is 0.773. The summed E-state index contributed by atoms with van der Waals surface area (Å²) in [4.78, 5) is 27.4. The lowest BCUT2D eigenvalue weighted by molar-refractivity contribution is -0.144. The average molecular weight is 461 g/mol. The second-order valence-corrected chi connectivity index (χ2v) is 9.28. The Balaban J connectivity index is 1.15. The van der Waals surface area contributed by atoms with Gasteiger partial charge in [-0.15, -0.1) is 0 Å². The van der Waals surface area contributed by atoms with Crippen LogP contribution in [0.4, 0.5) is 5.69 Å². The van der Waals surface area contributed by atoms with E-state index in [9.17, 15) is 14.9 Å². The van der Waals surface area contributed by atoms with Crippen LogP contribution in [0.1, 0.15) is 29.5 Å². The largest absolute Gasteiger partial charge is 0.492 e. The third-order valence-electron chi connectivity index (χ3n) is 7.50. The molecule has 2 N–H and O–H groups in total. The minimum absolute atomic E-state index is 0.0299. The highest BCUT2D eigenvalue weighted by molar-refractivity contribution is 6.06. The van der Waals surface area contributed by atoms with Crippen molar-refractivity contribution in [1.82, 2.24) is 10.2 Å². The minimum atomic E-state index is -0.601. The molecule has 1 spiro atoms. The first-order valence-corrected chi connectivity index (χ1v) is 11.6. The summed E-state index contributed by atoms with van der Waals surface area (Å²) in [5.41, 5.74) is 2.16. The summed E-state index contributed by atoms with van der Waals surface area (Å²) < 4.78 is 11.3. The van der Waals surface area contributed by atoms with Crippen molar-refractivity contribution in [3.05, 3.63) is 59.2 Å². The molecular formula is C26H28N4O4. The van der Waals surface area contributed by atoms with Gasteiger partial charge in [0.2, 0.25) is 11.8 Å². The number of likely N-dealkylation sites (N-methyl/N-ethyl adjacent to an activating group) is 1. The molecule has 2 amide bonds. The van der Waals surface area contributed by atoms with Crippen LogP contribution in [0.2, 0.25) is 0 Å². The van der Waals surface area contributed by atoms with Crippen LogP contribution in [0.25, 0.3) is 0 Å². The number of piperidine rings is 1. The summed E-state index contributed by atoms with van der Waals surface area (Å²) in [6.45, 7) is 3.67. The van der Waals surface area contributed by atoms with Gasteiger partial charge >= 0.3 is 0 Å². The molecule has 0 unspecified atom stereocenters. The highest BCUT2D eigenvalue weighted by Crippen LogP contribution is 2.45. The molecule has 3 aliphatic rings. The number of nitrogens with zero attached hydrogens (tertiary/aromatic N) is 2. The molecule has 2 saturated heterocycles. The number of hydrogen-bond donors (Lipinski definition) is 2. The molecule has 0 aromatic heterocycles. The molecular weight excluding hydrogens is 432 g/mol. The smallest absolute Gasteiger partial charge is 0.235 e. The average Bonchev–Trinajstić information content (AvgIpc) is 3.10. The standard InChI is InChI=1S/C26H28N4O4/c1-28-23(31)26(16-33-17-26)19-3-5-20(6-4-19)34-13-12-30-10-8-25(9-11-30)21-14-18(15-27)2-7-22(21)29-24(25)32/h2-7,14H,8-13,16-17H2,1H3,(H,28,31)(H,29,32). The van der Waals surface area contributed by atoms with Crippen LogP contribution in [-0.4, -0.2) is 63.2 Å². The zero-order chi connectivity index (χ0) is 23.8. The Morgan fingerprint density at radius 2 is 1.94 bits per heavy atom. The van der Waals surface area contributed by atoms with Gasteiger partial charge in [0, 0.05) is 19.3 Å². The quantitative estimate of drug-likeness (QED) is 0.683. The summed E-state index contributed by atoms with van der Waals surface area (Å²) in [7, 11) is 1.64.